The fraction of sp³-hybridized carbons (Fsp3) is 0.405. The molecule has 3 saturated heterocycles. The lowest BCUT2D eigenvalue weighted by molar-refractivity contribution is -0.136. The van der Waals surface area contributed by atoms with Gasteiger partial charge >= 0.3 is 0 Å². The molecule has 6 heterocycles. The first-order valence-electron chi connectivity index (χ1n) is 17.2. The van der Waals surface area contributed by atoms with Crippen LogP contribution in [0.2, 0.25) is 0 Å². The van der Waals surface area contributed by atoms with E-state index >= 15 is 0 Å². The van der Waals surface area contributed by atoms with Gasteiger partial charge in [-0.1, -0.05) is 24.3 Å². The van der Waals surface area contributed by atoms with Gasteiger partial charge in [0.2, 0.25) is 17.8 Å². The van der Waals surface area contributed by atoms with Crippen LogP contribution in [0.5, 0.6) is 0 Å². The van der Waals surface area contributed by atoms with Crippen molar-refractivity contribution in [3.63, 3.8) is 0 Å². The monoisotopic (exact) mass is 660 g/mol. The molecule has 3 fully saturated rings. The van der Waals surface area contributed by atoms with Crippen molar-refractivity contribution in [3.8, 4) is 0 Å². The van der Waals surface area contributed by atoms with E-state index in [1.54, 1.807) is 17.2 Å². The molecule has 252 valence electrons. The number of imide groups is 1. The third kappa shape index (κ3) is 6.33. The summed E-state index contributed by atoms with van der Waals surface area (Å²) in [5.41, 5.74) is 4.40. The third-order valence-electron chi connectivity index (χ3n) is 10.6. The van der Waals surface area contributed by atoms with Crippen LogP contribution in [0.1, 0.15) is 65.6 Å². The number of likely N-dealkylation sites (tertiary alicyclic amines) is 1. The predicted molar refractivity (Wildman–Crippen MR) is 184 cm³/mol. The summed E-state index contributed by atoms with van der Waals surface area (Å²) in [4.78, 5) is 56.9. The number of amides is 3. The van der Waals surface area contributed by atoms with Gasteiger partial charge in [-0.2, -0.15) is 4.98 Å². The maximum Gasteiger partial charge on any atom is 0.255 e. The summed E-state index contributed by atoms with van der Waals surface area (Å²) in [5.74, 6) is -0.285. The van der Waals surface area contributed by atoms with Gasteiger partial charge in [0.1, 0.15) is 6.04 Å². The van der Waals surface area contributed by atoms with Crippen molar-refractivity contribution in [1.29, 1.82) is 0 Å². The third-order valence-corrected chi connectivity index (χ3v) is 10.6. The number of nitrogens with one attached hydrogen (secondary N) is 2. The first kappa shape index (κ1) is 31.3. The van der Waals surface area contributed by atoms with E-state index in [1.165, 1.54) is 11.3 Å². The molecular formula is C37H40N8O4. The Morgan fingerprint density at radius 2 is 1.73 bits per heavy atom. The highest BCUT2D eigenvalue weighted by Crippen LogP contribution is 2.37. The second-order valence-electron chi connectivity index (χ2n) is 13.8. The second kappa shape index (κ2) is 12.8. The Morgan fingerprint density at radius 3 is 2.51 bits per heavy atom. The van der Waals surface area contributed by atoms with Gasteiger partial charge in [0.05, 0.1) is 5.60 Å². The van der Waals surface area contributed by atoms with Gasteiger partial charge < -0.3 is 20.2 Å². The van der Waals surface area contributed by atoms with Gasteiger partial charge in [-0.25, -0.2) is 9.97 Å². The molecular weight excluding hydrogens is 620 g/mol. The van der Waals surface area contributed by atoms with E-state index in [2.05, 4.69) is 59.7 Å². The number of carbonyl (C=O) groups excluding carboxylic acids is 3. The van der Waals surface area contributed by atoms with Gasteiger partial charge in [-0.15, -0.1) is 0 Å². The first-order chi connectivity index (χ1) is 23.8. The van der Waals surface area contributed by atoms with Gasteiger partial charge in [-0.05, 0) is 79.1 Å². The molecule has 0 radical (unpaired) electrons. The van der Waals surface area contributed by atoms with E-state index in [9.17, 15) is 19.5 Å². The van der Waals surface area contributed by atoms with Gasteiger partial charge in [0, 0.05) is 80.8 Å². The van der Waals surface area contributed by atoms with E-state index in [4.69, 9.17) is 0 Å². The summed E-state index contributed by atoms with van der Waals surface area (Å²) in [6.45, 7) is 4.56. The predicted octanol–water partition coefficient (Wildman–Crippen LogP) is 3.35. The van der Waals surface area contributed by atoms with Crippen LogP contribution >= 0.6 is 0 Å². The Labute approximate surface area is 284 Å². The lowest BCUT2D eigenvalue weighted by atomic mass is 9.83. The zero-order valence-corrected chi connectivity index (χ0v) is 27.3. The van der Waals surface area contributed by atoms with Crippen LogP contribution in [0.4, 0.5) is 11.6 Å². The van der Waals surface area contributed by atoms with Gasteiger partial charge in [-0.3, -0.25) is 24.6 Å². The van der Waals surface area contributed by atoms with Crippen LogP contribution in [0, 0.1) is 0 Å². The number of aliphatic hydroxyl groups is 1. The molecule has 3 amide bonds. The van der Waals surface area contributed by atoms with Crippen molar-refractivity contribution in [2.24, 2.45) is 0 Å². The van der Waals surface area contributed by atoms with Crippen LogP contribution in [0.25, 0.3) is 11.0 Å². The molecule has 3 N–H and O–H groups in total. The molecule has 2 aromatic carbocycles. The van der Waals surface area contributed by atoms with Crippen LogP contribution < -0.4 is 15.5 Å². The average Bonchev–Trinajstić information content (AvgIpc) is 3.45. The topological polar surface area (TPSA) is 144 Å². The zero-order valence-electron chi connectivity index (χ0n) is 27.3. The molecule has 0 bridgehead atoms. The number of benzene rings is 2. The molecule has 4 aliphatic heterocycles. The molecule has 8 rings (SSSR count). The zero-order chi connectivity index (χ0) is 33.5. The number of carbonyl (C=O) groups is 3. The number of aromatic nitrogens is 3. The highest BCUT2D eigenvalue weighted by molar-refractivity contribution is 6.05. The largest absolute Gasteiger partial charge is 0.385 e. The van der Waals surface area contributed by atoms with E-state index in [-0.39, 0.29) is 18.2 Å². The van der Waals surface area contributed by atoms with E-state index in [0.29, 0.717) is 49.0 Å². The number of anilines is 2. The SMILES string of the molecule is O=C1CCC(N2Cc3cc(C4(O)CCN(Cc5ccc(N6CCC(Nc7ncc8cccnc8n7)CC6)cc5)CC4)ccc3C2=O)C(=O)N1. The minimum absolute atomic E-state index is 0.199. The first-order valence-corrected chi connectivity index (χ1v) is 17.2. The van der Waals surface area contributed by atoms with E-state index in [0.717, 1.165) is 62.1 Å². The lowest BCUT2D eigenvalue weighted by Gasteiger charge is -2.39. The summed E-state index contributed by atoms with van der Waals surface area (Å²) in [5, 5.41) is 18.5. The fourth-order valence-corrected chi connectivity index (χ4v) is 7.70. The number of fused-ring (bicyclic) bond motifs is 2. The van der Waals surface area contributed by atoms with Gasteiger partial charge in [0.25, 0.3) is 5.91 Å². The number of pyridine rings is 1. The Kier molecular flexibility index (Phi) is 8.20. The summed E-state index contributed by atoms with van der Waals surface area (Å²) in [6, 6.07) is 17.9. The Hall–Kier alpha value is -4.94. The average molecular weight is 661 g/mol. The summed E-state index contributed by atoms with van der Waals surface area (Å²) >= 11 is 0. The Balaban J connectivity index is 0.823. The number of rotatable bonds is 7. The second-order valence-corrected chi connectivity index (χ2v) is 13.8. The molecule has 4 aliphatic rings. The standard InChI is InChI=1S/C37H40N8O4/c46-32-10-9-31(34(47)41-32)45-23-26-20-27(5-8-30(26)35(45)48)37(49)13-18-43(19-14-37)22-24-3-6-29(7-4-24)44-16-11-28(12-17-44)40-36-39-21-25-2-1-15-38-33(25)42-36/h1-8,15,20-21,28,31,49H,9-14,16-19,22-23H2,(H,41,46,47)(H,38,39,40,42). The molecule has 49 heavy (non-hydrogen) atoms. The summed E-state index contributed by atoms with van der Waals surface area (Å²) < 4.78 is 0. The highest BCUT2D eigenvalue weighted by Gasteiger charge is 2.41. The minimum atomic E-state index is -0.973. The van der Waals surface area contributed by atoms with Crippen molar-refractivity contribution in [3.05, 3.63) is 89.2 Å². The lowest BCUT2D eigenvalue weighted by Crippen LogP contribution is -2.52. The van der Waals surface area contributed by atoms with Crippen molar-refractivity contribution < 1.29 is 19.5 Å². The molecule has 1 atom stereocenters. The van der Waals surface area contributed by atoms with Crippen molar-refractivity contribution >= 4 is 40.4 Å². The van der Waals surface area contributed by atoms with Crippen molar-refractivity contribution in [2.45, 2.75) is 69.3 Å². The molecule has 1 unspecified atom stereocenters. The normalized spacial score (nSPS) is 21.6. The Morgan fingerprint density at radius 1 is 0.939 bits per heavy atom. The molecule has 12 heteroatoms. The molecule has 2 aromatic heterocycles. The van der Waals surface area contributed by atoms with Gasteiger partial charge in [0.15, 0.2) is 5.65 Å². The highest BCUT2D eigenvalue weighted by atomic mass is 16.3. The molecule has 0 saturated carbocycles. The van der Waals surface area contributed by atoms with Crippen LogP contribution in [-0.4, -0.2) is 85.8 Å². The van der Waals surface area contributed by atoms with E-state index in [1.807, 2.05) is 30.5 Å². The maximum absolute atomic E-state index is 13.1. The number of hydrogen-bond acceptors (Lipinski definition) is 10. The quantitative estimate of drug-likeness (QED) is 0.253. The van der Waals surface area contributed by atoms with E-state index < -0.39 is 17.6 Å². The summed E-state index contributed by atoms with van der Waals surface area (Å²) in [7, 11) is 0. The smallest absolute Gasteiger partial charge is 0.255 e. The van der Waals surface area contributed by atoms with Crippen molar-refractivity contribution in [1.82, 2.24) is 30.1 Å². The fourth-order valence-electron chi connectivity index (χ4n) is 7.70. The minimum Gasteiger partial charge on any atom is -0.385 e. The number of nitrogens with zero attached hydrogens (tertiary/aromatic N) is 6. The van der Waals surface area contributed by atoms with Crippen LogP contribution in [0.3, 0.4) is 0 Å². The maximum atomic E-state index is 13.1. The van der Waals surface area contributed by atoms with Crippen LogP contribution in [0.15, 0.2) is 67.0 Å². The molecule has 0 aliphatic carbocycles. The molecule has 0 spiro atoms. The molecule has 12 nitrogen and oxygen atoms in total. The summed E-state index contributed by atoms with van der Waals surface area (Å²) in [6.07, 6.45) is 7.31. The molecule has 4 aromatic rings. The number of hydrogen-bond donors (Lipinski definition) is 3. The Bertz CT molecular complexity index is 1900. The number of piperidine rings is 3. The van der Waals surface area contributed by atoms with Crippen LogP contribution in [-0.2, 0) is 28.3 Å². The van der Waals surface area contributed by atoms with Crippen molar-refractivity contribution in [2.75, 3.05) is 36.4 Å².